The SMILES string of the molecule is CNCCN(C)C(=O)CCc1ccc(S(=O)(=O)NC)cc1. The van der Waals surface area contributed by atoms with E-state index >= 15 is 0 Å². The number of aryl methyl sites for hydroxylation is 1. The molecule has 2 N–H and O–H groups in total. The van der Waals surface area contributed by atoms with E-state index in [1.807, 2.05) is 7.05 Å². The van der Waals surface area contributed by atoms with Crippen molar-refractivity contribution in [3.8, 4) is 0 Å². The van der Waals surface area contributed by atoms with Crippen molar-refractivity contribution in [3.05, 3.63) is 29.8 Å². The third kappa shape index (κ3) is 5.45. The van der Waals surface area contributed by atoms with Crippen LogP contribution in [0.1, 0.15) is 12.0 Å². The Morgan fingerprint density at radius 2 is 1.81 bits per heavy atom. The summed E-state index contributed by atoms with van der Waals surface area (Å²) in [5, 5.41) is 3.00. The van der Waals surface area contributed by atoms with E-state index in [1.54, 1.807) is 36.2 Å². The highest BCUT2D eigenvalue weighted by Crippen LogP contribution is 2.11. The van der Waals surface area contributed by atoms with Gasteiger partial charge in [-0.3, -0.25) is 4.79 Å². The fourth-order valence-electron chi connectivity index (χ4n) is 1.80. The zero-order chi connectivity index (χ0) is 15.9. The molecule has 118 valence electrons. The Hall–Kier alpha value is -1.44. The number of carbonyl (C=O) groups excluding carboxylic acids is 1. The molecule has 0 heterocycles. The number of rotatable bonds is 8. The monoisotopic (exact) mass is 313 g/mol. The van der Waals surface area contributed by atoms with Crippen molar-refractivity contribution >= 4 is 15.9 Å². The van der Waals surface area contributed by atoms with Gasteiger partial charge in [0.25, 0.3) is 0 Å². The van der Waals surface area contributed by atoms with Crippen molar-refractivity contribution in [2.45, 2.75) is 17.7 Å². The summed E-state index contributed by atoms with van der Waals surface area (Å²) in [6, 6.07) is 6.59. The van der Waals surface area contributed by atoms with Crippen molar-refractivity contribution in [2.75, 3.05) is 34.2 Å². The molecule has 1 amide bonds. The van der Waals surface area contributed by atoms with Gasteiger partial charge in [0.15, 0.2) is 0 Å². The van der Waals surface area contributed by atoms with Crippen molar-refractivity contribution in [2.24, 2.45) is 0 Å². The van der Waals surface area contributed by atoms with Crippen molar-refractivity contribution < 1.29 is 13.2 Å². The van der Waals surface area contributed by atoms with Gasteiger partial charge in [-0.15, -0.1) is 0 Å². The van der Waals surface area contributed by atoms with E-state index in [2.05, 4.69) is 10.0 Å². The van der Waals surface area contributed by atoms with Crippen molar-refractivity contribution in [3.63, 3.8) is 0 Å². The maximum atomic E-state index is 11.9. The van der Waals surface area contributed by atoms with Crippen LogP contribution in [-0.4, -0.2) is 53.5 Å². The average Bonchev–Trinajstić information content (AvgIpc) is 2.50. The molecule has 7 heteroatoms. The van der Waals surface area contributed by atoms with Gasteiger partial charge in [0.05, 0.1) is 4.90 Å². The van der Waals surface area contributed by atoms with E-state index in [1.165, 1.54) is 7.05 Å². The molecule has 0 radical (unpaired) electrons. The second kappa shape index (κ2) is 8.11. The molecule has 1 aromatic carbocycles. The van der Waals surface area contributed by atoms with Gasteiger partial charge in [0.1, 0.15) is 0 Å². The molecule has 0 bridgehead atoms. The maximum Gasteiger partial charge on any atom is 0.240 e. The summed E-state index contributed by atoms with van der Waals surface area (Å²) in [6.45, 7) is 1.44. The van der Waals surface area contributed by atoms with Crippen LogP contribution in [0.3, 0.4) is 0 Å². The molecular formula is C14H23N3O3S. The standard InChI is InChI=1S/C14H23N3O3S/c1-15-10-11-17(3)14(18)9-6-12-4-7-13(8-5-12)21(19,20)16-2/h4-5,7-8,15-16H,6,9-11H2,1-3H3. The molecule has 0 fully saturated rings. The van der Waals surface area contributed by atoms with Crippen LogP contribution in [0.5, 0.6) is 0 Å². The van der Waals surface area contributed by atoms with Gasteiger partial charge < -0.3 is 10.2 Å². The molecule has 1 rings (SSSR count). The lowest BCUT2D eigenvalue weighted by Gasteiger charge is -2.16. The van der Waals surface area contributed by atoms with Gasteiger partial charge in [-0.2, -0.15) is 0 Å². The lowest BCUT2D eigenvalue weighted by Crippen LogP contribution is -2.32. The molecule has 0 unspecified atom stereocenters. The number of sulfonamides is 1. The molecule has 0 aliphatic carbocycles. The van der Waals surface area contributed by atoms with E-state index in [9.17, 15) is 13.2 Å². The Morgan fingerprint density at radius 3 is 2.33 bits per heavy atom. The molecule has 0 atom stereocenters. The molecular weight excluding hydrogens is 290 g/mol. The average molecular weight is 313 g/mol. The first-order valence-corrected chi connectivity index (χ1v) is 8.30. The number of benzene rings is 1. The molecule has 21 heavy (non-hydrogen) atoms. The van der Waals surface area contributed by atoms with Gasteiger partial charge in [0.2, 0.25) is 15.9 Å². The molecule has 1 aromatic rings. The number of amides is 1. The Morgan fingerprint density at radius 1 is 1.19 bits per heavy atom. The summed E-state index contributed by atoms with van der Waals surface area (Å²) >= 11 is 0. The Kier molecular flexibility index (Phi) is 6.80. The quantitative estimate of drug-likeness (QED) is 0.719. The minimum atomic E-state index is -3.40. The molecule has 0 aliphatic heterocycles. The number of likely N-dealkylation sites (N-methyl/N-ethyl adjacent to an activating group) is 2. The summed E-state index contributed by atoms with van der Waals surface area (Å²) in [4.78, 5) is 13.8. The van der Waals surface area contributed by atoms with Crippen LogP contribution in [-0.2, 0) is 21.2 Å². The number of nitrogens with zero attached hydrogens (tertiary/aromatic N) is 1. The zero-order valence-electron chi connectivity index (χ0n) is 12.7. The van der Waals surface area contributed by atoms with E-state index in [0.717, 1.165) is 12.1 Å². The van der Waals surface area contributed by atoms with Gasteiger partial charge in [-0.25, -0.2) is 13.1 Å². The first-order chi connectivity index (χ1) is 9.90. The van der Waals surface area contributed by atoms with Crippen LogP contribution in [0, 0.1) is 0 Å². The molecule has 0 saturated carbocycles. The van der Waals surface area contributed by atoms with Gasteiger partial charge in [-0.1, -0.05) is 12.1 Å². The minimum Gasteiger partial charge on any atom is -0.344 e. The van der Waals surface area contributed by atoms with Crippen LogP contribution in [0.25, 0.3) is 0 Å². The highest BCUT2D eigenvalue weighted by atomic mass is 32.2. The van der Waals surface area contributed by atoms with Gasteiger partial charge in [-0.05, 0) is 38.2 Å². The summed E-state index contributed by atoms with van der Waals surface area (Å²) < 4.78 is 25.4. The first-order valence-electron chi connectivity index (χ1n) is 6.81. The van der Waals surface area contributed by atoms with E-state index in [0.29, 0.717) is 19.4 Å². The highest BCUT2D eigenvalue weighted by molar-refractivity contribution is 7.89. The number of hydrogen-bond acceptors (Lipinski definition) is 4. The van der Waals surface area contributed by atoms with E-state index in [4.69, 9.17) is 0 Å². The molecule has 6 nitrogen and oxygen atoms in total. The maximum absolute atomic E-state index is 11.9. The zero-order valence-corrected chi connectivity index (χ0v) is 13.5. The smallest absolute Gasteiger partial charge is 0.240 e. The third-order valence-corrected chi connectivity index (χ3v) is 4.68. The van der Waals surface area contributed by atoms with Gasteiger partial charge in [0, 0.05) is 26.6 Å². The van der Waals surface area contributed by atoms with Crippen LogP contribution in [0.4, 0.5) is 0 Å². The topological polar surface area (TPSA) is 78.5 Å². The third-order valence-electron chi connectivity index (χ3n) is 3.25. The van der Waals surface area contributed by atoms with E-state index < -0.39 is 10.0 Å². The van der Waals surface area contributed by atoms with Crippen LogP contribution >= 0.6 is 0 Å². The molecule has 0 saturated heterocycles. The first kappa shape index (κ1) is 17.6. The van der Waals surface area contributed by atoms with Gasteiger partial charge >= 0.3 is 0 Å². The lowest BCUT2D eigenvalue weighted by atomic mass is 10.1. The van der Waals surface area contributed by atoms with E-state index in [-0.39, 0.29) is 10.8 Å². The minimum absolute atomic E-state index is 0.0807. The van der Waals surface area contributed by atoms with Crippen LogP contribution < -0.4 is 10.0 Å². The largest absolute Gasteiger partial charge is 0.344 e. The normalized spacial score (nSPS) is 11.4. The second-order valence-electron chi connectivity index (χ2n) is 4.77. The summed E-state index contributed by atoms with van der Waals surface area (Å²) in [6.07, 6.45) is 1.01. The second-order valence-corrected chi connectivity index (χ2v) is 6.66. The van der Waals surface area contributed by atoms with Crippen molar-refractivity contribution in [1.29, 1.82) is 0 Å². The summed E-state index contributed by atoms with van der Waals surface area (Å²) in [7, 11) is 1.60. The fraction of sp³-hybridized carbons (Fsp3) is 0.500. The molecule has 0 spiro atoms. The lowest BCUT2D eigenvalue weighted by molar-refractivity contribution is -0.129. The predicted octanol–water partition coefficient (Wildman–Crippen LogP) is 0.205. The summed E-state index contributed by atoms with van der Waals surface area (Å²) in [5.41, 5.74) is 0.945. The summed E-state index contributed by atoms with van der Waals surface area (Å²) in [5.74, 6) is 0.0807. The molecule has 0 aromatic heterocycles. The number of carbonyl (C=O) groups is 1. The van der Waals surface area contributed by atoms with Crippen LogP contribution in [0.2, 0.25) is 0 Å². The highest BCUT2D eigenvalue weighted by Gasteiger charge is 2.11. The number of nitrogens with one attached hydrogen (secondary N) is 2. The number of hydrogen-bond donors (Lipinski definition) is 2. The fourth-order valence-corrected chi connectivity index (χ4v) is 2.53. The van der Waals surface area contributed by atoms with Crippen LogP contribution in [0.15, 0.2) is 29.2 Å². The van der Waals surface area contributed by atoms with Crippen molar-refractivity contribution in [1.82, 2.24) is 14.9 Å². The Bertz CT molecular complexity index is 555. The Balaban J connectivity index is 2.55. The Labute approximate surface area is 126 Å². The predicted molar refractivity (Wildman–Crippen MR) is 82.6 cm³/mol. The molecule has 0 aliphatic rings.